The average Bonchev–Trinajstić information content (AvgIpc) is 2.99. The zero-order valence-electron chi connectivity index (χ0n) is 22.9. The van der Waals surface area contributed by atoms with Crippen molar-refractivity contribution in [2.75, 3.05) is 30.8 Å². The molecule has 10 nitrogen and oxygen atoms in total. The molecule has 0 aromatic carbocycles. The number of hydrogen-bond donors (Lipinski definition) is 2. The lowest BCUT2D eigenvalue weighted by atomic mass is 10.1. The Hall–Kier alpha value is -4.81. The summed E-state index contributed by atoms with van der Waals surface area (Å²) in [5.41, 5.74) is -0.721. The predicted molar refractivity (Wildman–Crippen MR) is 152 cm³/mol. The number of piperidine rings is 1. The second-order valence-corrected chi connectivity index (χ2v) is 9.56. The highest BCUT2D eigenvalue weighted by molar-refractivity contribution is 6.09. The molecule has 4 heterocycles. The molecule has 2 N–H and O–H groups in total. The van der Waals surface area contributed by atoms with Crippen LogP contribution in [0.1, 0.15) is 41.6 Å². The Bertz CT molecular complexity index is 1510. The Morgan fingerprint density at radius 2 is 1.81 bits per heavy atom. The summed E-state index contributed by atoms with van der Waals surface area (Å²) < 4.78 is 42.7. The van der Waals surface area contributed by atoms with E-state index in [4.69, 9.17) is 0 Å². The molecule has 0 spiro atoms. The van der Waals surface area contributed by atoms with Crippen LogP contribution < -0.4 is 16.2 Å². The van der Waals surface area contributed by atoms with E-state index in [2.05, 4.69) is 25.6 Å². The number of rotatable bonds is 9. The van der Waals surface area contributed by atoms with E-state index in [1.165, 1.54) is 54.5 Å². The number of anilines is 2. The summed E-state index contributed by atoms with van der Waals surface area (Å²) in [6.07, 6.45) is 4.76. The van der Waals surface area contributed by atoms with Crippen LogP contribution in [0.15, 0.2) is 82.7 Å². The van der Waals surface area contributed by atoms with Crippen LogP contribution in [-0.2, 0) is 11.3 Å². The zero-order chi connectivity index (χ0) is 30.1. The third kappa shape index (κ3) is 8.12. The second kappa shape index (κ2) is 13.7. The molecule has 13 heteroatoms. The number of carbonyl (C=O) groups excluding carboxylic acids is 2. The van der Waals surface area contributed by atoms with Gasteiger partial charge in [0, 0.05) is 63.3 Å². The lowest BCUT2D eigenvalue weighted by Gasteiger charge is -2.26. The minimum Gasteiger partial charge on any atom is -0.350 e. The number of halogens is 3. The van der Waals surface area contributed by atoms with E-state index in [0.29, 0.717) is 18.7 Å². The van der Waals surface area contributed by atoms with Crippen molar-refractivity contribution in [2.45, 2.75) is 38.4 Å². The van der Waals surface area contributed by atoms with Crippen molar-refractivity contribution in [3.63, 3.8) is 0 Å². The summed E-state index contributed by atoms with van der Waals surface area (Å²) >= 11 is 0. The summed E-state index contributed by atoms with van der Waals surface area (Å²) in [6, 6.07) is 8.47. The third-order valence-corrected chi connectivity index (χ3v) is 6.59. The van der Waals surface area contributed by atoms with Gasteiger partial charge in [-0.25, -0.2) is 4.98 Å². The number of pyridine rings is 3. The maximum atomic E-state index is 13.8. The fourth-order valence-electron chi connectivity index (χ4n) is 4.36. The number of nitrogens with zero attached hydrogens (tertiary/aromatic N) is 5. The second-order valence-electron chi connectivity index (χ2n) is 9.56. The maximum Gasteiger partial charge on any atom is 0.431 e. The van der Waals surface area contributed by atoms with Gasteiger partial charge >= 0.3 is 6.18 Å². The fraction of sp³-hybridized carbons (Fsp3) is 0.310. The summed E-state index contributed by atoms with van der Waals surface area (Å²) in [7, 11) is 1.38. The molecular formula is C29H30F3N7O3. The number of nitrogens with one attached hydrogen (secondary N) is 2. The Kier molecular flexibility index (Phi) is 9.84. The van der Waals surface area contributed by atoms with E-state index in [9.17, 15) is 27.6 Å². The van der Waals surface area contributed by atoms with Gasteiger partial charge in [0.15, 0.2) is 0 Å². The highest BCUT2D eigenvalue weighted by atomic mass is 19.4. The van der Waals surface area contributed by atoms with E-state index < -0.39 is 17.8 Å². The van der Waals surface area contributed by atoms with Gasteiger partial charge in [-0.05, 0) is 55.7 Å². The Balaban J connectivity index is 1.41. The third-order valence-electron chi connectivity index (χ3n) is 6.59. The van der Waals surface area contributed by atoms with Gasteiger partial charge in [0.1, 0.15) is 11.5 Å². The predicted octanol–water partition coefficient (Wildman–Crippen LogP) is 4.27. The van der Waals surface area contributed by atoms with Gasteiger partial charge in [0.2, 0.25) is 5.91 Å². The lowest BCUT2D eigenvalue weighted by Crippen LogP contribution is -2.36. The molecule has 3 aromatic rings. The number of amides is 2. The summed E-state index contributed by atoms with van der Waals surface area (Å²) in [4.78, 5) is 51.3. The molecule has 0 aliphatic carbocycles. The molecule has 1 aliphatic rings. The molecule has 220 valence electrons. The number of aromatic nitrogens is 3. The molecule has 0 bridgehead atoms. The molecule has 1 aliphatic heterocycles. The number of hydrogen-bond acceptors (Lipinski definition) is 7. The first-order chi connectivity index (χ1) is 20.1. The van der Waals surface area contributed by atoms with Crippen LogP contribution in [0.3, 0.4) is 0 Å². The van der Waals surface area contributed by atoms with Crippen LogP contribution in [0.2, 0.25) is 0 Å². The van der Waals surface area contributed by atoms with Crippen molar-refractivity contribution in [3.8, 4) is 0 Å². The standard InChI is InChI=1S/C29H30F3N7O3/c1-33-23(20-6-5-12-34-17-20)16-24(29(30,31)32)36-22-8-9-25(35-18-22)37-28(42)21-7-10-26(40)39(19-21)15-11-27(41)38-13-3-2-4-14-38/h5-10,12,16-19,36H,2-4,11,13-15H2,1H3,(H,35,37,42)/b24-16-,33-23+. The SMILES string of the molecule is C/N=C(\C=C(/Nc1ccc(NC(=O)c2ccc(=O)n(CCC(=O)N3CCCCC3)c2)nc1)C(F)(F)F)c1cccnc1. The molecule has 0 unspecified atom stereocenters. The molecular weight excluding hydrogens is 551 g/mol. The smallest absolute Gasteiger partial charge is 0.350 e. The van der Waals surface area contributed by atoms with E-state index in [1.54, 1.807) is 17.0 Å². The van der Waals surface area contributed by atoms with Crippen LogP contribution in [0.4, 0.5) is 24.7 Å². The van der Waals surface area contributed by atoms with Gasteiger partial charge in [-0.2, -0.15) is 13.2 Å². The Labute approximate surface area is 240 Å². The van der Waals surface area contributed by atoms with Crippen LogP contribution in [0.25, 0.3) is 0 Å². The maximum absolute atomic E-state index is 13.8. The van der Waals surface area contributed by atoms with Crippen LogP contribution in [0, 0.1) is 0 Å². The topological polar surface area (TPSA) is 122 Å². The highest BCUT2D eigenvalue weighted by Crippen LogP contribution is 2.28. The lowest BCUT2D eigenvalue weighted by molar-refractivity contribution is -0.132. The van der Waals surface area contributed by atoms with Crippen molar-refractivity contribution in [3.05, 3.63) is 94.4 Å². The van der Waals surface area contributed by atoms with Crippen LogP contribution in [0.5, 0.6) is 0 Å². The molecule has 4 rings (SSSR count). The molecule has 1 saturated heterocycles. The van der Waals surface area contributed by atoms with Crippen molar-refractivity contribution in [1.29, 1.82) is 0 Å². The number of alkyl halides is 3. The highest BCUT2D eigenvalue weighted by Gasteiger charge is 2.34. The van der Waals surface area contributed by atoms with E-state index in [-0.39, 0.29) is 47.2 Å². The molecule has 3 aromatic heterocycles. The average molecular weight is 582 g/mol. The largest absolute Gasteiger partial charge is 0.431 e. The number of allylic oxidation sites excluding steroid dienone is 2. The quantitative estimate of drug-likeness (QED) is 0.364. The van der Waals surface area contributed by atoms with Crippen LogP contribution in [-0.4, -0.2) is 63.3 Å². The van der Waals surface area contributed by atoms with E-state index in [1.807, 2.05) is 0 Å². The van der Waals surface area contributed by atoms with Gasteiger partial charge in [-0.15, -0.1) is 0 Å². The Morgan fingerprint density at radius 3 is 2.45 bits per heavy atom. The molecule has 0 saturated carbocycles. The molecule has 2 amide bonds. The van der Waals surface area contributed by atoms with E-state index in [0.717, 1.165) is 31.5 Å². The van der Waals surface area contributed by atoms with E-state index >= 15 is 0 Å². The van der Waals surface area contributed by atoms with Gasteiger partial charge < -0.3 is 20.1 Å². The van der Waals surface area contributed by atoms with Crippen molar-refractivity contribution in [2.24, 2.45) is 4.99 Å². The number of aliphatic imine (C=N–C) groups is 1. The summed E-state index contributed by atoms with van der Waals surface area (Å²) in [5, 5.41) is 4.88. The number of likely N-dealkylation sites (tertiary alicyclic amines) is 1. The first kappa shape index (κ1) is 30.2. The van der Waals surface area contributed by atoms with Gasteiger partial charge in [-0.3, -0.25) is 24.4 Å². The Morgan fingerprint density at radius 1 is 1.02 bits per heavy atom. The van der Waals surface area contributed by atoms with Crippen molar-refractivity contribution < 1.29 is 22.8 Å². The van der Waals surface area contributed by atoms with Gasteiger partial charge in [-0.1, -0.05) is 0 Å². The summed E-state index contributed by atoms with van der Waals surface area (Å²) in [6.45, 7) is 1.56. The van der Waals surface area contributed by atoms with Crippen molar-refractivity contribution in [1.82, 2.24) is 19.4 Å². The minimum absolute atomic E-state index is 0.0325. The van der Waals surface area contributed by atoms with Gasteiger partial charge in [0.05, 0.1) is 23.2 Å². The number of carbonyl (C=O) groups is 2. The molecule has 42 heavy (non-hydrogen) atoms. The van der Waals surface area contributed by atoms with Crippen molar-refractivity contribution >= 4 is 29.0 Å². The zero-order valence-corrected chi connectivity index (χ0v) is 22.9. The first-order valence-corrected chi connectivity index (χ1v) is 13.3. The van der Waals surface area contributed by atoms with Gasteiger partial charge in [0.25, 0.3) is 11.5 Å². The summed E-state index contributed by atoms with van der Waals surface area (Å²) in [5.74, 6) is -0.518. The molecule has 1 fully saturated rings. The van der Waals surface area contributed by atoms with Crippen LogP contribution >= 0.6 is 0 Å². The fourth-order valence-corrected chi connectivity index (χ4v) is 4.36. The minimum atomic E-state index is -4.72. The molecule has 0 atom stereocenters. The number of aryl methyl sites for hydroxylation is 1. The molecule has 0 radical (unpaired) electrons. The normalized spacial score (nSPS) is 14.4. The first-order valence-electron chi connectivity index (χ1n) is 13.3. The monoisotopic (exact) mass is 581 g/mol.